The van der Waals surface area contributed by atoms with E-state index in [-0.39, 0.29) is 0 Å². The Morgan fingerprint density at radius 1 is 1.30 bits per heavy atom. The molecule has 1 aromatic rings. The summed E-state index contributed by atoms with van der Waals surface area (Å²) in [5.41, 5.74) is 1.18. The minimum absolute atomic E-state index is 1.18. The van der Waals surface area contributed by atoms with Crippen LogP contribution in [0.3, 0.4) is 0 Å². The summed E-state index contributed by atoms with van der Waals surface area (Å²) in [6, 6.07) is 2.06. The van der Waals surface area contributed by atoms with Crippen LogP contribution in [0.25, 0.3) is 0 Å². The molecule has 1 aromatic heterocycles. The number of aromatic nitrogens is 2. The zero-order valence-corrected chi connectivity index (χ0v) is 5.93. The minimum Gasteiger partial charge on any atom is -0.285 e. The van der Waals surface area contributed by atoms with Crippen molar-refractivity contribution in [3.8, 4) is 0 Å². The average molecular weight is 135 g/mol. The van der Waals surface area contributed by atoms with Gasteiger partial charge in [-0.3, -0.25) is 5.10 Å². The Hall–Kier alpha value is -0.790. The molecular formula is C8H11N2. The summed E-state index contributed by atoms with van der Waals surface area (Å²) >= 11 is 0. The molecule has 53 valence electrons. The molecule has 1 aliphatic carbocycles. The Morgan fingerprint density at radius 2 is 2.10 bits per heavy atom. The van der Waals surface area contributed by atoms with Crippen LogP contribution in [0.4, 0.5) is 0 Å². The number of nitrogens with one attached hydrogen (secondary N) is 1. The summed E-state index contributed by atoms with van der Waals surface area (Å²) in [5.74, 6) is 1.53. The van der Waals surface area contributed by atoms with Gasteiger partial charge in [-0.1, -0.05) is 12.8 Å². The van der Waals surface area contributed by atoms with Gasteiger partial charge in [0.2, 0.25) is 0 Å². The quantitative estimate of drug-likeness (QED) is 0.626. The molecular weight excluding hydrogens is 124 g/mol. The maximum Gasteiger partial charge on any atom is 0.0693 e. The second-order valence-corrected chi connectivity index (χ2v) is 2.77. The third-order valence-corrected chi connectivity index (χ3v) is 2.07. The van der Waals surface area contributed by atoms with Crippen LogP contribution >= 0.6 is 0 Å². The molecule has 0 aliphatic heterocycles. The first kappa shape index (κ1) is 5.96. The van der Waals surface area contributed by atoms with Gasteiger partial charge in [0.25, 0.3) is 0 Å². The summed E-state index contributed by atoms with van der Waals surface area (Å²) in [6.45, 7) is 0. The Labute approximate surface area is 60.6 Å². The predicted molar refractivity (Wildman–Crippen MR) is 39.4 cm³/mol. The molecule has 1 N–H and O–H groups in total. The zero-order valence-electron chi connectivity index (χ0n) is 5.93. The molecule has 0 saturated heterocycles. The largest absolute Gasteiger partial charge is 0.285 e. The lowest BCUT2D eigenvalue weighted by atomic mass is 10.1. The second-order valence-electron chi connectivity index (χ2n) is 2.77. The van der Waals surface area contributed by atoms with E-state index in [0.29, 0.717) is 0 Å². The molecule has 0 amide bonds. The standard InChI is InChI=1S/C8H11N2/c1-2-4-7(3-1)8-5-6-9-10-8/h5-6H,1-4H2,(H,9,10). The fourth-order valence-corrected chi connectivity index (χ4v) is 1.52. The van der Waals surface area contributed by atoms with Gasteiger partial charge in [0, 0.05) is 12.1 Å². The van der Waals surface area contributed by atoms with E-state index in [2.05, 4.69) is 16.3 Å². The topological polar surface area (TPSA) is 28.7 Å². The van der Waals surface area contributed by atoms with Gasteiger partial charge in [-0.05, 0) is 18.9 Å². The SMILES string of the molecule is c1cc([C]2CCCC2)n[nH]1. The highest BCUT2D eigenvalue weighted by atomic mass is 15.1. The Bertz CT molecular complexity index is 185. The van der Waals surface area contributed by atoms with Gasteiger partial charge < -0.3 is 0 Å². The molecule has 0 atom stereocenters. The normalized spacial score (nSPS) is 20.0. The molecule has 2 nitrogen and oxygen atoms in total. The van der Waals surface area contributed by atoms with Crippen LogP contribution in [0.2, 0.25) is 0 Å². The van der Waals surface area contributed by atoms with Crippen molar-refractivity contribution < 1.29 is 0 Å². The summed E-state index contributed by atoms with van der Waals surface area (Å²) in [7, 11) is 0. The highest BCUT2D eigenvalue weighted by Crippen LogP contribution is 2.31. The smallest absolute Gasteiger partial charge is 0.0693 e. The first-order chi connectivity index (χ1) is 4.97. The van der Waals surface area contributed by atoms with Gasteiger partial charge in [0.15, 0.2) is 0 Å². The van der Waals surface area contributed by atoms with Crippen molar-refractivity contribution in [3.63, 3.8) is 0 Å². The molecule has 2 heteroatoms. The monoisotopic (exact) mass is 135 g/mol. The van der Waals surface area contributed by atoms with Gasteiger partial charge >= 0.3 is 0 Å². The van der Waals surface area contributed by atoms with Crippen LogP contribution in [-0.4, -0.2) is 10.2 Å². The van der Waals surface area contributed by atoms with Gasteiger partial charge in [0.05, 0.1) is 5.69 Å². The lowest BCUT2D eigenvalue weighted by Crippen LogP contribution is -1.92. The van der Waals surface area contributed by atoms with Crippen LogP contribution in [0.5, 0.6) is 0 Å². The third-order valence-electron chi connectivity index (χ3n) is 2.07. The van der Waals surface area contributed by atoms with Crippen molar-refractivity contribution >= 4 is 0 Å². The van der Waals surface area contributed by atoms with Crippen molar-refractivity contribution in [2.24, 2.45) is 0 Å². The zero-order chi connectivity index (χ0) is 6.81. The van der Waals surface area contributed by atoms with E-state index in [0.717, 1.165) is 0 Å². The molecule has 2 rings (SSSR count). The first-order valence-electron chi connectivity index (χ1n) is 3.82. The minimum atomic E-state index is 1.18. The lowest BCUT2D eigenvalue weighted by Gasteiger charge is -2.00. The fourth-order valence-electron chi connectivity index (χ4n) is 1.52. The van der Waals surface area contributed by atoms with Crippen LogP contribution in [-0.2, 0) is 0 Å². The Kier molecular flexibility index (Phi) is 1.46. The van der Waals surface area contributed by atoms with Gasteiger partial charge in [-0.15, -0.1) is 0 Å². The van der Waals surface area contributed by atoms with Crippen LogP contribution in [0.15, 0.2) is 12.3 Å². The summed E-state index contributed by atoms with van der Waals surface area (Å²) in [4.78, 5) is 0. The molecule has 0 spiro atoms. The molecule has 10 heavy (non-hydrogen) atoms. The van der Waals surface area contributed by atoms with E-state index in [4.69, 9.17) is 0 Å². The highest BCUT2D eigenvalue weighted by molar-refractivity contribution is 5.22. The predicted octanol–water partition coefficient (Wildman–Crippen LogP) is 1.91. The number of hydrogen-bond acceptors (Lipinski definition) is 1. The van der Waals surface area contributed by atoms with E-state index in [1.54, 1.807) is 0 Å². The van der Waals surface area contributed by atoms with E-state index < -0.39 is 0 Å². The second kappa shape index (κ2) is 2.45. The maximum atomic E-state index is 4.14. The number of H-pyrrole nitrogens is 1. The van der Waals surface area contributed by atoms with Crippen molar-refractivity contribution in [1.29, 1.82) is 0 Å². The third kappa shape index (κ3) is 0.939. The number of rotatable bonds is 1. The Morgan fingerprint density at radius 3 is 2.70 bits per heavy atom. The van der Waals surface area contributed by atoms with Crippen molar-refractivity contribution in [2.45, 2.75) is 25.7 Å². The summed E-state index contributed by atoms with van der Waals surface area (Å²) in [6.07, 6.45) is 7.10. The van der Waals surface area contributed by atoms with Gasteiger partial charge in [-0.25, -0.2) is 0 Å². The molecule has 1 fully saturated rings. The molecule has 0 unspecified atom stereocenters. The maximum absolute atomic E-state index is 4.14. The van der Waals surface area contributed by atoms with Gasteiger partial charge in [-0.2, -0.15) is 5.10 Å². The number of nitrogens with zero attached hydrogens (tertiary/aromatic N) is 1. The lowest BCUT2D eigenvalue weighted by molar-refractivity contribution is 0.886. The van der Waals surface area contributed by atoms with Crippen LogP contribution in [0.1, 0.15) is 31.4 Å². The average Bonchev–Trinajstić information content (AvgIpc) is 2.59. The van der Waals surface area contributed by atoms with Crippen LogP contribution in [0, 0.1) is 5.92 Å². The Balaban J connectivity index is 2.12. The molecule has 1 saturated carbocycles. The fraction of sp³-hybridized carbons (Fsp3) is 0.500. The van der Waals surface area contributed by atoms with Crippen LogP contribution < -0.4 is 0 Å². The number of hydrogen-bond donors (Lipinski definition) is 1. The number of aromatic amines is 1. The van der Waals surface area contributed by atoms with E-state index in [9.17, 15) is 0 Å². The molecule has 0 bridgehead atoms. The summed E-state index contributed by atoms with van der Waals surface area (Å²) in [5, 5.41) is 6.97. The van der Waals surface area contributed by atoms with E-state index >= 15 is 0 Å². The van der Waals surface area contributed by atoms with Gasteiger partial charge in [0.1, 0.15) is 0 Å². The molecule has 1 heterocycles. The van der Waals surface area contributed by atoms with Crippen molar-refractivity contribution in [1.82, 2.24) is 10.2 Å². The molecule has 1 radical (unpaired) electrons. The molecule has 0 aromatic carbocycles. The summed E-state index contributed by atoms with van der Waals surface area (Å²) < 4.78 is 0. The van der Waals surface area contributed by atoms with E-state index in [1.807, 2.05) is 6.20 Å². The van der Waals surface area contributed by atoms with Crippen molar-refractivity contribution in [3.05, 3.63) is 23.9 Å². The highest BCUT2D eigenvalue weighted by Gasteiger charge is 2.18. The molecule has 1 aliphatic rings. The van der Waals surface area contributed by atoms with E-state index in [1.165, 1.54) is 37.3 Å². The first-order valence-corrected chi connectivity index (χ1v) is 3.82. The van der Waals surface area contributed by atoms with Crippen molar-refractivity contribution in [2.75, 3.05) is 0 Å².